The maximum Gasteiger partial charge on any atom is 1.00 e. The van der Waals surface area contributed by atoms with Crippen molar-refractivity contribution < 1.29 is 68.5 Å². The third-order valence-corrected chi connectivity index (χ3v) is 6.55. The molecule has 0 amide bonds. The summed E-state index contributed by atoms with van der Waals surface area (Å²) in [5.41, 5.74) is 0. The molecule has 0 aliphatic heterocycles. The van der Waals surface area contributed by atoms with E-state index in [0.29, 0.717) is 0 Å². The Bertz CT molecular complexity index is 443. The molecule has 0 aliphatic rings. The van der Waals surface area contributed by atoms with Gasteiger partial charge >= 0.3 is 51.4 Å². The van der Waals surface area contributed by atoms with Crippen molar-refractivity contribution in [3.05, 3.63) is 0 Å². The maximum atomic E-state index is 10.8. The van der Waals surface area contributed by atoms with Crippen LogP contribution in [0, 0.1) is 5.92 Å². The number of rotatable bonds is 24. The van der Waals surface area contributed by atoms with Gasteiger partial charge < -0.3 is 4.55 Å². The molecule has 0 rings (SSSR count). The molecular formula is C25H51KO4S. The zero-order valence-corrected chi connectivity index (χ0v) is 25.1. The van der Waals surface area contributed by atoms with Gasteiger partial charge in [-0.2, -0.15) is 0 Å². The van der Waals surface area contributed by atoms with E-state index in [4.69, 9.17) is 0 Å². The Hall–Kier alpha value is 1.51. The molecular weight excluding hydrogens is 435 g/mol. The smallest absolute Gasteiger partial charge is 0.726 e. The molecule has 0 fully saturated rings. The molecule has 6 heteroatoms. The van der Waals surface area contributed by atoms with Gasteiger partial charge in [-0.15, -0.1) is 0 Å². The molecule has 0 aromatic rings. The van der Waals surface area contributed by atoms with Gasteiger partial charge in [-0.25, -0.2) is 8.42 Å². The van der Waals surface area contributed by atoms with Gasteiger partial charge in [0.05, 0.1) is 6.61 Å². The van der Waals surface area contributed by atoms with Crippen molar-refractivity contribution in [1.82, 2.24) is 0 Å². The fraction of sp³-hybridized carbons (Fsp3) is 1.00. The van der Waals surface area contributed by atoms with Gasteiger partial charge in [0.2, 0.25) is 10.4 Å². The summed E-state index contributed by atoms with van der Waals surface area (Å²) in [5.74, 6) is 0.201. The van der Waals surface area contributed by atoms with Crippen LogP contribution in [0.5, 0.6) is 0 Å². The summed E-state index contributed by atoms with van der Waals surface area (Å²) in [6.45, 7) is 4.56. The van der Waals surface area contributed by atoms with Crippen LogP contribution in [-0.4, -0.2) is 19.6 Å². The van der Waals surface area contributed by atoms with E-state index in [1.807, 2.05) is 0 Å². The molecule has 0 saturated heterocycles. The molecule has 1 atom stereocenters. The summed E-state index contributed by atoms with van der Waals surface area (Å²) in [6, 6.07) is 0. The van der Waals surface area contributed by atoms with Crippen molar-refractivity contribution in [2.75, 3.05) is 6.61 Å². The second kappa shape index (κ2) is 26.1. The molecule has 0 aliphatic carbocycles. The molecule has 0 radical (unpaired) electrons. The summed E-state index contributed by atoms with van der Waals surface area (Å²) in [7, 11) is -4.57. The van der Waals surface area contributed by atoms with E-state index in [-0.39, 0.29) is 63.9 Å². The minimum absolute atomic E-state index is 0. The van der Waals surface area contributed by atoms with Crippen LogP contribution in [-0.2, 0) is 14.6 Å². The maximum absolute atomic E-state index is 10.8. The van der Waals surface area contributed by atoms with E-state index in [0.717, 1.165) is 25.7 Å². The largest absolute Gasteiger partial charge is 1.00 e. The number of hydrogen-bond acceptors (Lipinski definition) is 4. The minimum atomic E-state index is -4.57. The third-order valence-electron chi connectivity index (χ3n) is 6.13. The van der Waals surface area contributed by atoms with Gasteiger partial charge in [-0.1, -0.05) is 136 Å². The summed E-state index contributed by atoms with van der Waals surface area (Å²) in [6.07, 6.45) is 26.5. The second-order valence-electron chi connectivity index (χ2n) is 9.15. The molecule has 182 valence electrons. The van der Waals surface area contributed by atoms with E-state index in [1.54, 1.807) is 0 Å². The Morgan fingerprint density at radius 2 is 0.871 bits per heavy atom. The molecule has 0 heterocycles. The first kappa shape index (κ1) is 34.7. The summed E-state index contributed by atoms with van der Waals surface area (Å²) < 4.78 is 37.0. The predicted octanol–water partition coefficient (Wildman–Crippen LogP) is 5.32. The van der Waals surface area contributed by atoms with Crippen LogP contribution >= 0.6 is 0 Å². The molecule has 0 spiro atoms. The van der Waals surface area contributed by atoms with Crippen molar-refractivity contribution in [3.63, 3.8) is 0 Å². The summed E-state index contributed by atoms with van der Waals surface area (Å²) >= 11 is 0. The zero-order chi connectivity index (χ0) is 22.3. The fourth-order valence-corrected chi connectivity index (χ4v) is 4.51. The monoisotopic (exact) mass is 486 g/mol. The van der Waals surface area contributed by atoms with Crippen LogP contribution in [0.1, 0.15) is 149 Å². The van der Waals surface area contributed by atoms with Crippen molar-refractivity contribution >= 4 is 10.4 Å². The van der Waals surface area contributed by atoms with Crippen LogP contribution in [0.25, 0.3) is 0 Å². The molecule has 4 nitrogen and oxygen atoms in total. The van der Waals surface area contributed by atoms with Crippen molar-refractivity contribution in [2.24, 2.45) is 5.92 Å². The predicted molar refractivity (Wildman–Crippen MR) is 127 cm³/mol. The van der Waals surface area contributed by atoms with Gasteiger partial charge in [-0.3, -0.25) is 4.18 Å². The first-order valence-corrected chi connectivity index (χ1v) is 14.4. The van der Waals surface area contributed by atoms with E-state index >= 15 is 0 Å². The molecule has 0 aromatic heterocycles. The SMILES string of the molecule is CCCCCCCCCCCCCC(CCCCCCCCCC)COS(=O)(=O)[O-].[K+]. The second-order valence-corrected chi connectivity index (χ2v) is 10.2. The number of unbranched alkanes of at least 4 members (excludes halogenated alkanes) is 17. The van der Waals surface area contributed by atoms with Gasteiger partial charge in [0.25, 0.3) is 0 Å². The zero-order valence-electron chi connectivity index (χ0n) is 21.2. The first-order chi connectivity index (χ1) is 14.5. The van der Waals surface area contributed by atoms with Crippen molar-refractivity contribution in [1.29, 1.82) is 0 Å². The van der Waals surface area contributed by atoms with Crippen LogP contribution in [0.4, 0.5) is 0 Å². The van der Waals surface area contributed by atoms with Gasteiger partial charge in [0.1, 0.15) is 0 Å². The van der Waals surface area contributed by atoms with Crippen molar-refractivity contribution in [2.45, 2.75) is 149 Å². The summed E-state index contributed by atoms with van der Waals surface area (Å²) in [5, 5.41) is 0. The Labute approximate surface area is 237 Å². The van der Waals surface area contributed by atoms with Crippen LogP contribution in [0.2, 0.25) is 0 Å². The van der Waals surface area contributed by atoms with Gasteiger partial charge in [0.15, 0.2) is 0 Å². The first-order valence-electron chi connectivity index (χ1n) is 13.1. The number of hydrogen-bond donors (Lipinski definition) is 0. The Morgan fingerprint density at radius 1 is 0.581 bits per heavy atom. The average Bonchev–Trinajstić information content (AvgIpc) is 2.70. The molecule has 1 unspecified atom stereocenters. The molecule has 31 heavy (non-hydrogen) atoms. The van der Waals surface area contributed by atoms with Crippen molar-refractivity contribution in [3.8, 4) is 0 Å². The van der Waals surface area contributed by atoms with Crippen LogP contribution < -0.4 is 51.4 Å². The standard InChI is InChI=1S/C25H52O4S.K/c1-3-5-7-9-11-13-14-15-17-19-21-23-25(24-29-30(26,27)28)22-20-18-16-12-10-8-6-4-2;/h25H,3-24H2,1-2H3,(H,26,27,28);/q;+1/p-1. The molecule has 0 bridgehead atoms. The minimum Gasteiger partial charge on any atom is -0.726 e. The topological polar surface area (TPSA) is 66.4 Å². The molecule has 0 aromatic carbocycles. The van der Waals surface area contributed by atoms with E-state index < -0.39 is 10.4 Å². The van der Waals surface area contributed by atoms with Gasteiger partial charge in [0, 0.05) is 0 Å². The van der Waals surface area contributed by atoms with E-state index in [2.05, 4.69) is 18.0 Å². The van der Waals surface area contributed by atoms with Crippen LogP contribution in [0.15, 0.2) is 0 Å². The average molecular weight is 487 g/mol. The van der Waals surface area contributed by atoms with E-state index in [1.165, 1.54) is 109 Å². The fourth-order valence-electron chi connectivity index (χ4n) is 4.15. The van der Waals surface area contributed by atoms with E-state index in [9.17, 15) is 13.0 Å². The van der Waals surface area contributed by atoms with Gasteiger partial charge in [-0.05, 0) is 18.8 Å². The Balaban J connectivity index is 0. The molecule has 0 saturated carbocycles. The third kappa shape index (κ3) is 29.5. The quantitative estimate of drug-likeness (QED) is 0.0802. The molecule has 0 N–H and O–H groups in total. The Morgan fingerprint density at radius 3 is 1.16 bits per heavy atom. The summed E-state index contributed by atoms with van der Waals surface area (Å²) in [4.78, 5) is 0. The Kier molecular flexibility index (Phi) is 29.2. The normalized spacial score (nSPS) is 12.6. The van der Waals surface area contributed by atoms with Crippen LogP contribution in [0.3, 0.4) is 0 Å².